The normalized spacial score (nSPS) is 22.5. The lowest BCUT2D eigenvalue weighted by atomic mass is 10.1. The van der Waals surface area contributed by atoms with E-state index in [2.05, 4.69) is 15.2 Å². The average Bonchev–Trinajstić information content (AvgIpc) is 2.79. The van der Waals surface area contributed by atoms with Crippen LogP contribution in [0.3, 0.4) is 0 Å². The molecule has 0 bridgehead atoms. The molecule has 1 N–H and O–H groups in total. The highest BCUT2D eigenvalue weighted by atomic mass is 32.2. The van der Waals surface area contributed by atoms with Crippen LogP contribution in [-0.2, 0) is 14.8 Å². The average molecular weight is 459 g/mol. The number of carbonyl (C=O) groups is 1. The van der Waals surface area contributed by atoms with Crippen LogP contribution in [0.4, 0.5) is 11.5 Å². The van der Waals surface area contributed by atoms with Gasteiger partial charge in [0, 0.05) is 37.9 Å². The number of nitrogens with zero attached hydrogens (tertiary/aromatic N) is 3. The number of amides is 1. The van der Waals surface area contributed by atoms with Crippen molar-refractivity contribution in [3.63, 3.8) is 0 Å². The van der Waals surface area contributed by atoms with Gasteiger partial charge < -0.3 is 15.0 Å². The highest BCUT2D eigenvalue weighted by Crippen LogP contribution is 2.27. The van der Waals surface area contributed by atoms with Gasteiger partial charge in [0.2, 0.25) is 10.0 Å². The smallest absolute Gasteiger partial charge is 0.255 e. The molecule has 1 amide bonds. The molecular formula is C23H30N4O4S. The first-order valence-electron chi connectivity index (χ1n) is 11.1. The quantitative estimate of drug-likeness (QED) is 0.740. The standard InChI is InChI=1S/C23H30N4O4S/c1-17-15-27(16-18(2)31-17)32(29,30)20-9-6-8-19(14-20)23(28)25-21-10-7-11-24-22(21)26-12-4-3-5-13-26/h6-11,14,17-18H,3-5,12-13,15-16H2,1-2H3,(H,25,28). The molecule has 2 aliphatic heterocycles. The van der Waals surface area contributed by atoms with Gasteiger partial charge in [-0.3, -0.25) is 4.79 Å². The van der Waals surface area contributed by atoms with E-state index in [1.165, 1.54) is 22.9 Å². The minimum atomic E-state index is -3.73. The number of pyridine rings is 1. The zero-order valence-electron chi connectivity index (χ0n) is 18.5. The molecule has 9 heteroatoms. The highest BCUT2D eigenvalue weighted by Gasteiger charge is 2.32. The SMILES string of the molecule is CC1CN(S(=O)(=O)c2cccc(C(=O)Nc3cccnc3N3CCCCC3)c2)CC(C)O1. The van der Waals surface area contributed by atoms with E-state index in [-0.39, 0.29) is 41.7 Å². The Labute approximate surface area is 189 Å². The maximum absolute atomic E-state index is 13.2. The summed E-state index contributed by atoms with van der Waals surface area (Å²) < 4.78 is 33.5. The molecule has 1 aromatic heterocycles. The van der Waals surface area contributed by atoms with Gasteiger partial charge in [-0.25, -0.2) is 13.4 Å². The molecular weight excluding hydrogens is 428 g/mol. The number of hydrogen-bond acceptors (Lipinski definition) is 6. The first-order valence-corrected chi connectivity index (χ1v) is 12.6. The Morgan fingerprint density at radius 2 is 1.78 bits per heavy atom. The lowest BCUT2D eigenvalue weighted by Gasteiger charge is -2.34. The maximum atomic E-state index is 13.2. The summed E-state index contributed by atoms with van der Waals surface area (Å²) in [6, 6.07) is 9.79. The molecule has 2 aromatic rings. The maximum Gasteiger partial charge on any atom is 0.255 e. The van der Waals surface area contributed by atoms with E-state index >= 15 is 0 Å². The van der Waals surface area contributed by atoms with Crippen molar-refractivity contribution < 1.29 is 17.9 Å². The Morgan fingerprint density at radius 3 is 2.50 bits per heavy atom. The van der Waals surface area contributed by atoms with Crippen LogP contribution in [0, 0.1) is 0 Å². The van der Waals surface area contributed by atoms with Gasteiger partial charge in [-0.2, -0.15) is 4.31 Å². The van der Waals surface area contributed by atoms with E-state index in [1.54, 1.807) is 24.4 Å². The third-order valence-electron chi connectivity index (χ3n) is 5.81. The van der Waals surface area contributed by atoms with Gasteiger partial charge in [-0.1, -0.05) is 6.07 Å². The molecule has 8 nitrogen and oxygen atoms in total. The second-order valence-electron chi connectivity index (χ2n) is 8.48. The van der Waals surface area contributed by atoms with Gasteiger partial charge in [0.05, 0.1) is 22.8 Å². The van der Waals surface area contributed by atoms with Crippen molar-refractivity contribution in [3.05, 3.63) is 48.2 Å². The number of piperidine rings is 1. The molecule has 2 fully saturated rings. The van der Waals surface area contributed by atoms with Gasteiger partial charge in [0.25, 0.3) is 5.91 Å². The van der Waals surface area contributed by atoms with E-state index in [0.717, 1.165) is 31.7 Å². The Hall–Kier alpha value is -2.49. The highest BCUT2D eigenvalue weighted by molar-refractivity contribution is 7.89. The summed E-state index contributed by atoms with van der Waals surface area (Å²) in [7, 11) is -3.73. The molecule has 2 aliphatic rings. The first kappa shape index (κ1) is 22.7. The van der Waals surface area contributed by atoms with Crippen molar-refractivity contribution in [2.75, 3.05) is 36.4 Å². The molecule has 0 saturated carbocycles. The molecule has 3 heterocycles. The number of morpholine rings is 1. The van der Waals surface area contributed by atoms with Crippen LogP contribution in [-0.4, -0.2) is 62.0 Å². The number of ether oxygens (including phenoxy) is 1. The summed E-state index contributed by atoms with van der Waals surface area (Å²) in [5.74, 6) is 0.387. The number of rotatable bonds is 5. The van der Waals surface area contributed by atoms with E-state index in [0.29, 0.717) is 5.69 Å². The van der Waals surface area contributed by atoms with Crippen LogP contribution >= 0.6 is 0 Å². The predicted octanol–water partition coefficient (Wildman–Crippen LogP) is 3.12. The Balaban J connectivity index is 1.55. The van der Waals surface area contributed by atoms with E-state index < -0.39 is 10.0 Å². The summed E-state index contributed by atoms with van der Waals surface area (Å²) in [5, 5.41) is 2.92. The molecule has 172 valence electrons. The Bertz CT molecular complexity index is 1060. The van der Waals surface area contributed by atoms with Crippen molar-refractivity contribution in [2.45, 2.75) is 50.2 Å². The topological polar surface area (TPSA) is 91.8 Å². The lowest BCUT2D eigenvalue weighted by molar-refractivity contribution is -0.0440. The molecule has 32 heavy (non-hydrogen) atoms. The van der Waals surface area contributed by atoms with Crippen LogP contribution in [0.15, 0.2) is 47.5 Å². The molecule has 2 saturated heterocycles. The molecule has 4 rings (SSSR count). The van der Waals surface area contributed by atoms with Gasteiger partial charge in [-0.05, 0) is 63.4 Å². The minimum Gasteiger partial charge on any atom is -0.373 e. The first-order chi connectivity index (χ1) is 15.3. The van der Waals surface area contributed by atoms with Gasteiger partial charge >= 0.3 is 0 Å². The third kappa shape index (κ3) is 4.95. The summed E-state index contributed by atoms with van der Waals surface area (Å²) >= 11 is 0. The second kappa shape index (κ2) is 9.56. The summed E-state index contributed by atoms with van der Waals surface area (Å²) in [4.78, 5) is 19.8. The van der Waals surface area contributed by atoms with Crippen LogP contribution in [0.25, 0.3) is 0 Å². The molecule has 0 spiro atoms. The number of nitrogens with one attached hydrogen (secondary N) is 1. The van der Waals surface area contributed by atoms with E-state index in [9.17, 15) is 13.2 Å². The zero-order chi connectivity index (χ0) is 22.7. The third-order valence-corrected chi connectivity index (χ3v) is 7.64. The number of sulfonamides is 1. The van der Waals surface area contributed by atoms with Gasteiger partial charge in [-0.15, -0.1) is 0 Å². The number of carbonyl (C=O) groups excluding carboxylic acids is 1. The number of aromatic nitrogens is 1. The van der Waals surface area contributed by atoms with Crippen molar-refractivity contribution in [1.82, 2.24) is 9.29 Å². The molecule has 2 unspecified atom stereocenters. The monoisotopic (exact) mass is 458 g/mol. The van der Waals surface area contributed by atoms with Gasteiger partial charge in [0.1, 0.15) is 0 Å². The minimum absolute atomic E-state index is 0.105. The fourth-order valence-corrected chi connectivity index (χ4v) is 5.96. The fourth-order valence-electron chi connectivity index (χ4n) is 4.32. The summed E-state index contributed by atoms with van der Waals surface area (Å²) in [5.41, 5.74) is 0.914. The van der Waals surface area contributed by atoms with E-state index in [1.807, 2.05) is 19.9 Å². The summed E-state index contributed by atoms with van der Waals surface area (Å²) in [6.45, 7) is 6.11. The predicted molar refractivity (Wildman–Crippen MR) is 123 cm³/mol. The van der Waals surface area contributed by atoms with E-state index in [4.69, 9.17) is 4.74 Å². The van der Waals surface area contributed by atoms with Crippen molar-refractivity contribution >= 4 is 27.4 Å². The lowest BCUT2D eigenvalue weighted by Crippen LogP contribution is -2.48. The number of anilines is 2. The molecule has 2 atom stereocenters. The van der Waals surface area contributed by atoms with Gasteiger partial charge in [0.15, 0.2) is 5.82 Å². The number of benzene rings is 1. The Kier molecular flexibility index (Phi) is 6.78. The van der Waals surface area contributed by atoms with Crippen LogP contribution < -0.4 is 10.2 Å². The fraction of sp³-hybridized carbons (Fsp3) is 0.478. The molecule has 0 aliphatic carbocycles. The van der Waals surface area contributed by atoms with Crippen LogP contribution in [0.2, 0.25) is 0 Å². The Morgan fingerprint density at radius 1 is 1.06 bits per heavy atom. The number of hydrogen-bond donors (Lipinski definition) is 1. The molecule has 0 radical (unpaired) electrons. The van der Waals surface area contributed by atoms with Crippen molar-refractivity contribution in [2.24, 2.45) is 0 Å². The van der Waals surface area contributed by atoms with Crippen molar-refractivity contribution in [3.8, 4) is 0 Å². The van der Waals surface area contributed by atoms with Crippen LogP contribution in [0.5, 0.6) is 0 Å². The van der Waals surface area contributed by atoms with Crippen LogP contribution in [0.1, 0.15) is 43.5 Å². The van der Waals surface area contributed by atoms with Crippen molar-refractivity contribution in [1.29, 1.82) is 0 Å². The molecule has 1 aromatic carbocycles. The second-order valence-corrected chi connectivity index (χ2v) is 10.4. The zero-order valence-corrected chi connectivity index (χ0v) is 19.3. The summed E-state index contributed by atoms with van der Waals surface area (Å²) in [6.07, 6.45) is 4.76. The largest absolute Gasteiger partial charge is 0.373 e.